The Hall–Kier alpha value is -2.39. The summed E-state index contributed by atoms with van der Waals surface area (Å²) in [7, 11) is -0.290. The molecule has 6 heteroatoms. The van der Waals surface area contributed by atoms with Crippen LogP contribution in [0.4, 0.5) is 11.4 Å². The van der Waals surface area contributed by atoms with Crippen LogP contribution in [0.5, 0.6) is 5.75 Å². The van der Waals surface area contributed by atoms with Crippen molar-refractivity contribution in [1.82, 2.24) is 0 Å². The maximum Gasteiger partial charge on any atom is 0.265 e. The van der Waals surface area contributed by atoms with Crippen LogP contribution in [-0.4, -0.2) is 43.1 Å². The number of methoxy groups -OCH3 is 1. The summed E-state index contributed by atoms with van der Waals surface area (Å²) in [5.74, 6) is 0.925. The molecule has 2 rings (SSSR count). The lowest BCUT2D eigenvalue weighted by molar-refractivity contribution is -0.116. The Labute approximate surface area is 206 Å². The van der Waals surface area contributed by atoms with Gasteiger partial charge in [-0.2, -0.15) is 0 Å². The van der Waals surface area contributed by atoms with Gasteiger partial charge in [-0.3, -0.25) is 9.59 Å². The summed E-state index contributed by atoms with van der Waals surface area (Å²) < 4.78 is 5.37. The van der Waals surface area contributed by atoms with Crippen LogP contribution in [0.2, 0.25) is 0 Å². The molecule has 2 amide bonds. The molecule has 0 bridgehead atoms. The molecule has 0 heterocycles. The van der Waals surface area contributed by atoms with E-state index in [1.165, 1.54) is 0 Å². The number of amides is 2. The molecule has 0 aromatic heterocycles. The molecular formula is C28H42N2O3P+. The van der Waals surface area contributed by atoms with Crippen molar-refractivity contribution in [3.05, 3.63) is 52.6 Å². The summed E-state index contributed by atoms with van der Waals surface area (Å²) in [5.41, 5.74) is 5.55. The van der Waals surface area contributed by atoms with E-state index in [4.69, 9.17) is 4.74 Å². The number of carbonyl (C=O) groups excluding carboxylic acids is 2. The number of hydrogen-bond acceptors (Lipinski definition) is 3. The first-order valence-electron chi connectivity index (χ1n) is 12.2. The van der Waals surface area contributed by atoms with E-state index in [-0.39, 0.29) is 23.4 Å². The fourth-order valence-corrected chi connectivity index (χ4v) is 9.39. The van der Waals surface area contributed by atoms with E-state index in [1.54, 1.807) is 7.11 Å². The molecule has 1 atom stereocenters. The molecule has 0 saturated heterocycles. The Morgan fingerprint density at radius 1 is 0.882 bits per heavy atom. The molecule has 2 aromatic rings. The molecule has 0 saturated carbocycles. The zero-order valence-corrected chi connectivity index (χ0v) is 23.2. The fourth-order valence-electron chi connectivity index (χ4n) is 5.04. The highest BCUT2D eigenvalue weighted by atomic mass is 31.2. The van der Waals surface area contributed by atoms with E-state index in [0.29, 0.717) is 6.16 Å². The van der Waals surface area contributed by atoms with Crippen molar-refractivity contribution in [1.29, 1.82) is 0 Å². The summed E-state index contributed by atoms with van der Waals surface area (Å²) in [6, 6.07) is 9.89. The van der Waals surface area contributed by atoms with Crippen LogP contribution >= 0.6 is 7.26 Å². The smallest absolute Gasteiger partial charge is 0.265 e. The van der Waals surface area contributed by atoms with Gasteiger partial charge in [-0.25, -0.2) is 0 Å². The van der Waals surface area contributed by atoms with E-state index >= 15 is 0 Å². The number of carbonyl (C=O) groups is 2. The van der Waals surface area contributed by atoms with Gasteiger partial charge in [0.15, 0.2) is 5.66 Å². The van der Waals surface area contributed by atoms with Crippen LogP contribution in [0, 0.1) is 33.6 Å². The summed E-state index contributed by atoms with van der Waals surface area (Å²) in [6.45, 7) is 16.4. The van der Waals surface area contributed by atoms with Gasteiger partial charge in [-0.15, -0.1) is 0 Å². The van der Waals surface area contributed by atoms with Gasteiger partial charge in [-0.1, -0.05) is 32.0 Å². The molecular weight excluding hydrogens is 443 g/mol. The minimum absolute atomic E-state index is 0.00434. The first kappa shape index (κ1) is 27.9. The number of nitrogens with one attached hydrogen (secondary N) is 2. The Bertz CT molecular complexity index is 985. The van der Waals surface area contributed by atoms with Crippen LogP contribution in [0.15, 0.2) is 30.3 Å². The first-order chi connectivity index (χ1) is 16.0. The second-order valence-electron chi connectivity index (χ2n) is 9.64. The summed E-state index contributed by atoms with van der Waals surface area (Å²) >= 11 is 0. The van der Waals surface area contributed by atoms with Crippen molar-refractivity contribution in [2.45, 2.75) is 61.0 Å². The highest BCUT2D eigenvalue weighted by Gasteiger charge is 2.50. The van der Waals surface area contributed by atoms with Crippen molar-refractivity contribution in [3.63, 3.8) is 0 Å². The zero-order valence-electron chi connectivity index (χ0n) is 22.3. The SMILES string of the molecule is CC[P+](CC)(CC(=O)Nc1c(C)cccc1C)C(C(=O)Nc1c(C)cc(OC)cc1C)C(C)C. The van der Waals surface area contributed by atoms with Crippen molar-refractivity contribution in [2.75, 3.05) is 36.2 Å². The molecule has 34 heavy (non-hydrogen) atoms. The van der Waals surface area contributed by atoms with Crippen molar-refractivity contribution >= 4 is 30.5 Å². The van der Waals surface area contributed by atoms with Gasteiger partial charge in [0, 0.05) is 18.6 Å². The van der Waals surface area contributed by atoms with Crippen molar-refractivity contribution in [2.24, 2.45) is 5.92 Å². The molecule has 2 aromatic carbocycles. The molecule has 5 nitrogen and oxygen atoms in total. The van der Waals surface area contributed by atoms with E-state index in [9.17, 15) is 9.59 Å². The number of rotatable bonds is 10. The van der Waals surface area contributed by atoms with E-state index < -0.39 is 7.26 Å². The van der Waals surface area contributed by atoms with Crippen molar-refractivity contribution in [3.8, 4) is 5.75 Å². The van der Waals surface area contributed by atoms with E-state index in [2.05, 4.69) is 38.3 Å². The number of benzene rings is 2. The van der Waals surface area contributed by atoms with Crippen molar-refractivity contribution < 1.29 is 14.3 Å². The number of aryl methyl sites for hydroxylation is 4. The normalized spacial score (nSPS) is 12.4. The molecule has 0 aliphatic carbocycles. The molecule has 0 aliphatic rings. The molecule has 0 radical (unpaired) electrons. The highest BCUT2D eigenvalue weighted by Crippen LogP contribution is 2.64. The average Bonchev–Trinajstić information content (AvgIpc) is 2.77. The second-order valence-corrected chi connectivity index (χ2v) is 14.2. The Kier molecular flexibility index (Phi) is 9.70. The predicted octanol–water partition coefficient (Wildman–Crippen LogP) is 6.59. The lowest BCUT2D eigenvalue weighted by Crippen LogP contribution is -2.39. The van der Waals surface area contributed by atoms with Crippen LogP contribution in [0.3, 0.4) is 0 Å². The minimum Gasteiger partial charge on any atom is -0.497 e. The van der Waals surface area contributed by atoms with Crippen LogP contribution in [0.1, 0.15) is 49.9 Å². The molecule has 186 valence electrons. The molecule has 0 aliphatic heterocycles. The maximum absolute atomic E-state index is 13.8. The van der Waals surface area contributed by atoms with Gasteiger partial charge in [0.25, 0.3) is 11.8 Å². The van der Waals surface area contributed by atoms with Crippen LogP contribution in [0.25, 0.3) is 0 Å². The monoisotopic (exact) mass is 485 g/mol. The fraction of sp³-hybridized carbons (Fsp3) is 0.500. The molecule has 2 N–H and O–H groups in total. The number of hydrogen-bond donors (Lipinski definition) is 2. The molecule has 0 fully saturated rings. The van der Waals surface area contributed by atoms with Gasteiger partial charge < -0.3 is 15.4 Å². The second kappa shape index (κ2) is 11.8. The van der Waals surface area contributed by atoms with E-state index in [1.807, 2.05) is 58.0 Å². The largest absolute Gasteiger partial charge is 0.497 e. The Balaban J connectivity index is 2.35. The Morgan fingerprint density at radius 3 is 1.82 bits per heavy atom. The lowest BCUT2D eigenvalue weighted by atomic mass is 10.1. The standard InChI is InChI=1S/C28H41N2O3P/c1-10-34(11-2,17-24(31)29-25-19(5)13-12-14-20(25)6)27(18(3)4)28(32)30-26-21(7)15-23(33-9)16-22(26)8/h12-16,18,27H,10-11,17H2,1-9H3,(H-,29,30,31,32)/p+1. The topological polar surface area (TPSA) is 67.4 Å². The third-order valence-electron chi connectivity index (χ3n) is 6.94. The quantitative estimate of drug-likeness (QED) is 0.373. The number of para-hydroxylation sites is 1. The lowest BCUT2D eigenvalue weighted by Gasteiger charge is -2.34. The van der Waals surface area contributed by atoms with Crippen LogP contribution in [-0.2, 0) is 9.59 Å². The number of anilines is 2. The van der Waals surface area contributed by atoms with Gasteiger partial charge in [-0.05, 0) is 81.8 Å². The summed E-state index contributed by atoms with van der Waals surface area (Å²) in [4.78, 5) is 27.1. The van der Waals surface area contributed by atoms with Gasteiger partial charge in [0.05, 0.1) is 19.4 Å². The first-order valence-corrected chi connectivity index (χ1v) is 14.6. The summed E-state index contributed by atoms with van der Waals surface area (Å²) in [6.07, 6.45) is 2.10. The van der Waals surface area contributed by atoms with Gasteiger partial charge in [0.1, 0.15) is 11.9 Å². The predicted molar refractivity (Wildman–Crippen MR) is 147 cm³/mol. The molecule has 1 unspecified atom stereocenters. The highest BCUT2D eigenvalue weighted by molar-refractivity contribution is 7.78. The Morgan fingerprint density at radius 2 is 1.38 bits per heavy atom. The number of ether oxygens (including phenoxy) is 1. The summed E-state index contributed by atoms with van der Waals surface area (Å²) in [5, 5.41) is 6.39. The van der Waals surface area contributed by atoms with E-state index in [0.717, 1.165) is 51.7 Å². The third kappa shape index (κ3) is 6.18. The van der Waals surface area contributed by atoms with Crippen LogP contribution < -0.4 is 15.4 Å². The average molecular weight is 486 g/mol. The minimum atomic E-state index is -1.93. The van der Waals surface area contributed by atoms with Gasteiger partial charge in [0.2, 0.25) is 0 Å². The van der Waals surface area contributed by atoms with Gasteiger partial charge >= 0.3 is 0 Å². The zero-order chi connectivity index (χ0) is 25.6. The third-order valence-corrected chi connectivity index (χ3v) is 12.4. The maximum atomic E-state index is 13.8. The molecule has 0 spiro atoms.